The smallest absolute Gasteiger partial charge is 0.174 e. The molecule has 2 aromatic rings. The number of hydrogen-bond acceptors (Lipinski definition) is 5. The van der Waals surface area contributed by atoms with Gasteiger partial charge in [0.1, 0.15) is 10.8 Å². The van der Waals surface area contributed by atoms with E-state index in [4.69, 9.17) is 4.74 Å². The van der Waals surface area contributed by atoms with Crippen molar-refractivity contribution in [1.29, 1.82) is 0 Å². The van der Waals surface area contributed by atoms with Gasteiger partial charge in [-0.15, -0.1) is 10.2 Å². The van der Waals surface area contributed by atoms with Crippen LogP contribution in [0.15, 0.2) is 28.6 Å². The first-order valence-corrected chi connectivity index (χ1v) is 6.99. The molecule has 1 aromatic heterocycles. The van der Waals surface area contributed by atoms with Gasteiger partial charge in [0.05, 0.1) is 7.11 Å². The molecule has 0 bridgehead atoms. The average molecular weight is 266 g/mol. The third-order valence-corrected chi connectivity index (χ3v) is 4.45. The zero-order valence-corrected chi connectivity index (χ0v) is 11.6. The van der Waals surface area contributed by atoms with Crippen LogP contribution in [0.1, 0.15) is 22.7 Å². The molecule has 5 heteroatoms. The molecule has 0 amide bonds. The molecule has 0 saturated carbocycles. The molecular weight excluding hydrogens is 252 g/mol. The highest BCUT2D eigenvalue weighted by Gasteiger charge is 2.10. The third-order valence-electron chi connectivity index (χ3n) is 2.37. The van der Waals surface area contributed by atoms with Gasteiger partial charge in [0, 0.05) is 5.25 Å². The molecule has 1 aromatic carbocycles. The Kier molecular flexibility index (Phi) is 4.02. The number of benzene rings is 1. The summed E-state index contributed by atoms with van der Waals surface area (Å²) in [4.78, 5) is 0. The van der Waals surface area contributed by atoms with E-state index < -0.39 is 0 Å². The van der Waals surface area contributed by atoms with Crippen LogP contribution in [0.25, 0.3) is 0 Å². The lowest BCUT2D eigenvalue weighted by molar-refractivity contribution is 0.414. The Labute approximate surface area is 109 Å². The fourth-order valence-corrected chi connectivity index (χ4v) is 3.51. The fraction of sp³-hybridized carbons (Fsp3) is 0.333. The minimum absolute atomic E-state index is 0.369. The normalized spacial score (nSPS) is 12.4. The van der Waals surface area contributed by atoms with Gasteiger partial charge in [0.15, 0.2) is 4.34 Å². The van der Waals surface area contributed by atoms with Crippen LogP contribution in [-0.4, -0.2) is 17.3 Å². The van der Waals surface area contributed by atoms with E-state index in [-0.39, 0.29) is 0 Å². The molecule has 1 atom stereocenters. The van der Waals surface area contributed by atoms with Crippen LogP contribution in [0.5, 0.6) is 5.75 Å². The molecule has 90 valence electrons. The number of hydrogen-bond donors (Lipinski definition) is 0. The predicted molar refractivity (Wildman–Crippen MR) is 71.9 cm³/mol. The second-order valence-corrected chi connectivity index (χ2v) is 6.39. The fourth-order valence-electron chi connectivity index (χ4n) is 1.42. The summed E-state index contributed by atoms with van der Waals surface area (Å²) in [5.74, 6) is 0.887. The van der Waals surface area contributed by atoms with E-state index in [1.165, 1.54) is 5.56 Å². The average Bonchev–Trinajstić information content (AvgIpc) is 2.75. The molecule has 0 fully saturated rings. The lowest BCUT2D eigenvalue weighted by Gasteiger charge is -2.09. The number of nitrogens with zero attached hydrogens (tertiary/aromatic N) is 2. The molecule has 0 aliphatic heterocycles. The summed E-state index contributed by atoms with van der Waals surface area (Å²) >= 11 is 3.37. The molecule has 1 heterocycles. The summed E-state index contributed by atoms with van der Waals surface area (Å²) in [6.45, 7) is 4.14. The first-order valence-electron chi connectivity index (χ1n) is 5.30. The summed E-state index contributed by atoms with van der Waals surface area (Å²) in [5.41, 5.74) is 1.27. The summed E-state index contributed by atoms with van der Waals surface area (Å²) in [6.07, 6.45) is 0. The van der Waals surface area contributed by atoms with Gasteiger partial charge < -0.3 is 4.74 Å². The molecular formula is C12H14N2OS2. The Balaban J connectivity index is 2.06. The maximum Gasteiger partial charge on any atom is 0.174 e. The van der Waals surface area contributed by atoms with Crippen molar-refractivity contribution in [2.45, 2.75) is 23.4 Å². The predicted octanol–water partition coefficient (Wildman–Crippen LogP) is 3.71. The molecule has 0 spiro atoms. The molecule has 0 saturated heterocycles. The van der Waals surface area contributed by atoms with Crippen molar-refractivity contribution in [3.63, 3.8) is 0 Å². The van der Waals surface area contributed by atoms with Crippen LogP contribution in [0.2, 0.25) is 0 Å². The summed E-state index contributed by atoms with van der Waals surface area (Å²) < 4.78 is 6.16. The van der Waals surface area contributed by atoms with E-state index in [0.717, 1.165) is 15.1 Å². The molecule has 2 rings (SSSR count). The van der Waals surface area contributed by atoms with Crippen molar-refractivity contribution in [3.8, 4) is 5.75 Å². The van der Waals surface area contributed by atoms with Gasteiger partial charge in [-0.05, 0) is 31.5 Å². The van der Waals surface area contributed by atoms with Gasteiger partial charge in [0.25, 0.3) is 0 Å². The van der Waals surface area contributed by atoms with Crippen molar-refractivity contribution in [2.75, 3.05) is 7.11 Å². The molecule has 0 aliphatic carbocycles. The van der Waals surface area contributed by atoms with E-state index in [0.29, 0.717) is 5.25 Å². The Hall–Kier alpha value is -1.07. The lowest BCUT2D eigenvalue weighted by Crippen LogP contribution is -1.89. The summed E-state index contributed by atoms with van der Waals surface area (Å²) in [5, 5.41) is 9.52. The molecule has 3 nitrogen and oxygen atoms in total. The largest absolute Gasteiger partial charge is 0.497 e. The molecule has 0 N–H and O–H groups in total. The van der Waals surface area contributed by atoms with Crippen molar-refractivity contribution >= 4 is 23.1 Å². The van der Waals surface area contributed by atoms with Crippen molar-refractivity contribution < 1.29 is 4.74 Å². The first-order chi connectivity index (χ1) is 8.19. The van der Waals surface area contributed by atoms with Gasteiger partial charge in [-0.3, -0.25) is 0 Å². The minimum atomic E-state index is 0.369. The zero-order chi connectivity index (χ0) is 12.3. The topological polar surface area (TPSA) is 35.0 Å². The van der Waals surface area contributed by atoms with Crippen LogP contribution in [0.4, 0.5) is 0 Å². The number of methoxy groups -OCH3 is 1. The molecule has 0 aliphatic rings. The van der Waals surface area contributed by atoms with Gasteiger partial charge in [0.2, 0.25) is 0 Å². The van der Waals surface area contributed by atoms with Crippen LogP contribution < -0.4 is 4.74 Å². The van der Waals surface area contributed by atoms with E-state index in [1.807, 2.05) is 19.1 Å². The summed E-state index contributed by atoms with van der Waals surface area (Å²) in [7, 11) is 1.68. The molecule has 17 heavy (non-hydrogen) atoms. The van der Waals surface area contributed by atoms with Crippen LogP contribution in [-0.2, 0) is 0 Å². The van der Waals surface area contributed by atoms with Gasteiger partial charge >= 0.3 is 0 Å². The van der Waals surface area contributed by atoms with Crippen LogP contribution in [0, 0.1) is 6.92 Å². The third kappa shape index (κ3) is 3.20. The summed E-state index contributed by atoms with van der Waals surface area (Å²) in [6, 6.07) is 8.14. The van der Waals surface area contributed by atoms with Crippen LogP contribution >= 0.6 is 23.1 Å². The first kappa shape index (κ1) is 12.4. The second kappa shape index (κ2) is 5.51. The second-order valence-electron chi connectivity index (χ2n) is 3.62. The lowest BCUT2D eigenvalue weighted by atomic mass is 10.2. The van der Waals surface area contributed by atoms with Crippen LogP contribution in [0.3, 0.4) is 0 Å². The number of ether oxygens (including phenoxy) is 1. The Bertz CT molecular complexity index is 482. The standard InChI is InChI=1S/C12H14N2OS2/c1-8(16-12-14-13-9(2)17-12)10-4-6-11(15-3)7-5-10/h4-8H,1-3H3. The quantitative estimate of drug-likeness (QED) is 0.790. The number of aromatic nitrogens is 2. The Morgan fingerprint density at radius 2 is 1.94 bits per heavy atom. The number of rotatable bonds is 4. The van der Waals surface area contributed by atoms with E-state index >= 15 is 0 Å². The van der Waals surface area contributed by atoms with Gasteiger partial charge in [-0.1, -0.05) is 35.2 Å². The zero-order valence-electron chi connectivity index (χ0n) is 10.0. The van der Waals surface area contributed by atoms with Crippen molar-refractivity contribution in [2.24, 2.45) is 0 Å². The van der Waals surface area contributed by atoms with Crippen molar-refractivity contribution in [3.05, 3.63) is 34.8 Å². The van der Waals surface area contributed by atoms with E-state index in [9.17, 15) is 0 Å². The van der Waals surface area contributed by atoms with E-state index in [2.05, 4.69) is 29.3 Å². The number of aryl methyl sites for hydroxylation is 1. The molecule has 1 unspecified atom stereocenters. The highest BCUT2D eigenvalue weighted by molar-refractivity contribution is 8.01. The monoisotopic (exact) mass is 266 g/mol. The highest BCUT2D eigenvalue weighted by atomic mass is 32.2. The highest BCUT2D eigenvalue weighted by Crippen LogP contribution is 2.36. The van der Waals surface area contributed by atoms with Gasteiger partial charge in [-0.2, -0.15) is 0 Å². The maximum absolute atomic E-state index is 5.14. The Morgan fingerprint density at radius 1 is 1.24 bits per heavy atom. The SMILES string of the molecule is COc1ccc(C(C)Sc2nnc(C)s2)cc1. The van der Waals surface area contributed by atoms with E-state index in [1.54, 1.807) is 30.2 Å². The van der Waals surface area contributed by atoms with Gasteiger partial charge in [-0.25, -0.2) is 0 Å². The molecule has 0 radical (unpaired) electrons. The maximum atomic E-state index is 5.14. The Morgan fingerprint density at radius 3 is 2.47 bits per heavy atom. The number of thioether (sulfide) groups is 1. The van der Waals surface area contributed by atoms with Crippen molar-refractivity contribution in [1.82, 2.24) is 10.2 Å². The minimum Gasteiger partial charge on any atom is -0.497 e.